The molecule has 1 atom stereocenters. The van der Waals surface area contributed by atoms with Crippen LogP contribution in [0.2, 0.25) is 5.02 Å². The first-order chi connectivity index (χ1) is 10.2. The summed E-state index contributed by atoms with van der Waals surface area (Å²) in [5.41, 5.74) is 2.31. The molecular formula is C17H14BrClN2. The third-order valence-corrected chi connectivity index (χ3v) is 4.21. The summed E-state index contributed by atoms with van der Waals surface area (Å²) < 4.78 is 0.976. The maximum atomic E-state index is 6.19. The van der Waals surface area contributed by atoms with Gasteiger partial charge < -0.3 is 5.32 Å². The van der Waals surface area contributed by atoms with E-state index in [0.717, 1.165) is 20.4 Å². The van der Waals surface area contributed by atoms with Crippen LogP contribution in [0.1, 0.15) is 17.2 Å². The highest BCUT2D eigenvalue weighted by Gasteiger charge is 2.15. The number of aromatic nitrogens is 1. The summed E-state index contributed by atoms with van der Waals surface area (Å²) in [6, 6.07) is 14.4. The van der Waals surface area contributed by atoms with Crippen molar-refractivity contribution in [2.75, 3.05) is 7.05 Å². The topological polar surface area (TPSA) is 24.9 Å². The van der Waals surface area contributed by atoms with E-state index in [1.807, 2.05) is 37.6 Å². The minimum atomic E-state index is 0.0629. The van der Waals surface area contributed by atoms with Crippen molar-refractivity contribution in [3.63, 3.8) is 0 Å². The van der Waals surface area contributed by atoms with E-state index in [4.69, 9.17) is 11.6 Å². The molecule has 0 amide bonds. The van der Waals surface area contributed by atoms with Crippen LogP contribution in [0.5, 0.6) is 0 Å². The van der Waals surface area contributed by atoms with Gasteiger partial charge in [-0.15, -0.1) is 0 Å². The molecule has 0 aliphatic carbocycles. The number of rotatable bonds is 3. The normalized spacial score (nSPS) is 12.5. The van der Waals surface area contributed by atoms with Crippen LogP contribution in [-0.2, 0) is 0 Å². The van der Waals surface area contributed by atoms with E-state index in [1.165, 1.54) is 10.9 Å². The first-order valence-electron chi connectivity index (χ1n) is 6.65. The molecule has 0 saturated carbocycles. The highest BCUT2D eigenvalue weighted by molar-refractivity contribution is 9.10. The zero-order chi connectivity index (χ0) is 14.8. The molecular weight excluding hydrogens is 348 g/mol. The molecule has 1 unspecified atom stereocenters. The van der Waals surface area contributed by atoms with Crippen LogP contribution in [0.3, 0.4) is 0 Å². The summed E-state index contributed by atoms with van der Waals surface area (Å²) in [5.74, 6) is 0. The predicted octanol–water partition coefficient (Wildman–Crippen LogP) is 4.96. The average molecular weight is 362 g/mol. The molecule has 3 aromatic rings. The third kappa shape index (κ3) is 2.95. The first kappa shape index (κ1) is 14.5. The number of hydrogen-bond donors (Lipinski definition) is 1. The fourth-order valence-electron chi connectivity index (χ4n) is 2.63. The molecule has 106 valence electrons. The molecule has 2 aromatic carbocycles. The highest BCUT2D eigenvalue weighted by Crippen LogP contribution is 2.31. The van der Waals surface area contributed by atoms with Crippen molar-refractivity contribution in [1.29, 1.82) is 0 Å². The van der Waals surface area contributed by atoms with Gasteiger partial charge in [-0.1, -0.05) is 45.7 Å². The lowest BCUT2D eigenvalue weighted by Crippen LogP contribution is -2.18. The van der Waals surface area contributed by atoms with Crippen molar-refractivity contribution in [1.82, 2.24) is 10.3 Å². The van der Waals surface area contributed by atoms with Crippen LogP contribution < -0.4 is 5.32 Å². The Morgan fingerprint density at radius 2 is 2.05 bits per heavy atom. The van der Waals surface area contributed by atoms with Gasteiger partial charge >= 0.3 is 0 Å². The fourth-order valence-corrected chi connectivity index (χ4v) is 3.52. The maximum absolute atomic E-state index is 6.19. The van der Waals surface area contributed by atoms with E-state index < -0.39 is 0 Å². The monoisotopic (exact) mass is 360 g/mol. The summed E-state index contributed by atoms with van der Waals surface area (Å²) in [6.07, 6.45) is 3.73. The van der Waals surface area contributed by atoms with E-state index >= 15 is 0 Å². The third-order valence-electron chi connectivity index (χ3n) is 3.54. The lowest BCUT2D eigenvalue weighted by molar-refractivity contribution is 0.696. The molecule has 2 nitrogen and oxygen atoms in total. The van der Waals surface area contributed by atoms with Crippen LogP contribution in [0.25, 0.3) is 10.8 Å². The number of benzene rings is 2. The van der Waals surface area contributed by atoms with E-state index in [0.29, 0.717) is 0 Å². The van der Waals surface area contributed by atoms with E-state index in [1.54, 1.807) is 0 Å². The van der Waals surface area contributed by atoms with Gasteiger partial charge in [-0.2, -0.15) is 0 Å². The fraction of sp³-hybridized carbons (Fsp3) is 0.118. The largest absolute Gasteiger partial charge is 0.309 e. The standard InChI is InChI=1S/C17H14BrClN2/c1-20-17(12-7-13(18)9-14(19)8-12)15-4-2-3-11-5-6-21-10-16(11)15/h2-10,17,20H,1H3. The molecule has 4 heteroatoms. The summed E-state index contributed by atoms with van der Waals surface area (Å²) in [6.45, 7) is 0. The second-order valence-electron chi connectivity index (χ2n) is 4.87. The minimum Gasteiger partial charge on any atom is -0.309 e. The molecule has 0 spiro atoms. The van der Waals surface area contributed by atoms with Crippen molar-refractivity contribution < 1.29 is 0 Å². The number of halogens is 2. The Hall–Kier alpha value is -1.42. The van der Waals surface area contributed by atoms with E-state index in [9.17, 15) is 0 Å². The second-order valence-corrected chi connectivity index (χ2v) is 6.22. The molecule has 3 rings (SSSR count). The molecule has 0 aliphatic rings. The van der Waals surface area contributed by atoms with Crippen LogP contribution in [0.4, 0.5) is 0 Å². The van der Waals surface area contributed by atoms with Gasteiger partial charge in [0.2, 0.25) is 0 Å². The van der Waals surface area contributed by atoms with Crippen LogP contribution in [0, 0.1) is 0 Å². The van der Waals surface area contributed by atoms with Crippen LogP contribution in [0.15, 0.2) is 59.3 Å². The smallest absolute Gasteiger partial charge is 0.0581 e. The Kier molecular flexibility index (Phi) is 4.24. The number of fused-ring (bicyclic) bond motifs is 1. The first-order valence-corrected chi connectivity index (χ1v) is 7.82. The predicted molar refractivity (Wildman–Crippen MR) is 91.8 cm³/mol. The maximum Gasteiger partial charge on any atom is 0.0581 e. The van der Waals surface area contributed by atoms with Crippen molar-refractivity contribution >= 4 is 38.3 Å². The van der Waals surface area contributed by atoms with Crippen molar-refractivity contribution in [3.05, 3.63) is 75.5 Å². The zero-order valence-corrected chi connectivity index (χ0v) is 13.8. The summed E-state index contributed by atoms with van der Waals surface area (Å²) in [7, 11) is 1.95. The molecule has 21 heavy (non-hydrogen) atoms. The lowest BCUT2D eigenvalue weighted by Gasteiger charge is -2.19. The Bertz CT molecular complexity index is 763. The number of hydrogen-bond acceptors (Lipinski definition) is 2. The van der Waals surface area contributed by atoms with Gasteiger partial charge in [-0.25, -0.2) is 0 Å². The summed E-state index contributed by atoms with van der Waals surface area (Å²) in [4.78, 5) is 4.26. The van der Waals surface area contributed by atoms with Gasteiger partial charge in [0.1, 0.15) is 0 Å². The second kappa shape index (κ2) is 6.14. The highest BCUT2D eigenvalue weighted by atomic mass is 79.9. The van der Waals surface area contributed by atoms with Crippen molar-refractivity contribution in [3.8, 4) is 0 Å². The van der Waals surface area contributed by atoms with Gasteiger partial charge in [0.05, 0.1) is 6.04 Å². The average Bonchev–Trinajstić information content (AvgIpc) is 2.47. The van der Waals surface area contributed by atoms with Gasteiger partial charge in [0.25, 0.3) is 0 Å². The van der Waals surface area contributed by atoms with Crippen LogP contribution in [-0.4, -0.2) is 12.0 Å². The Morgan fingerprint density at radius 3 is 2.81 bits per heavy atom. The molecule has 1 N–H and O–H groups in total. The zero-order valence-electron chi connectivity index (χ0n) is 11.5. The number of nitrogens with one attached hydrogen (secondary N) is 1. The Morgan fingerprint density at radius 1 is 1.19 bits per heavy atom. The summed E-state index contributed by atoms with van der Waals surface area (Å²) >= 11 is 9.69. The SMILES string of the molecule is CNC(c1cc(Cl)cc(Br)c1)c1cccc2ccncc12. The quantitative estimate of drug-likeness (QED) is 0.713. The molecule has 0 bridgehead atoms. The van der Waals surface area contributed by atoms with Gasteiger partial charge in [0.15, 0.2) is 0 Å². The molecule has 0 fully saturated rings. The molecule has 1 heterocycles. The van der Waals surface area contributed by atoms with Gasteiger partial charge in [-0.05, 0) is 47.8 Å². The van der Waals surface area contributed by atoms with E-state index in [-0.39, 0.29) is 6.04 Å². The van der Waals surface area contributed by atoms with E-state index in [2.05, 4.69) is 50.5 Å². The number of pyridine rings is 1. The molecule has 0 radical (unpaired) electrons. The minimum absolute atomic E-state index is 0.0629. The molecule has 0 saturated heterocycles. The number of nitrogens with zero attached hydrogens (tertiary/aromatic N) is 1. The van der Waals surface area contributed by atoms with Crippen molar-refractivity contribution in [2.45, 2.75) is 6.04 Å². The van der Waals surface area contributed by atoms with Crippen LogP contribution >= 0.6 is 27.5 Å². The lowest BCUT2D eigenvalue weighted by atomic mass is 9.95. The molecule has 1 aromatic heterocycles. The van der Waals surface area contributed by atoms with Gasteiger partial charge in [-0.3, -0.25) is 4.98 Å². The van der Waals surface area contributed by atoms with Crippen molar-refractivity contribution in [2.24, 2.45) is 0 Å². The summed E-state index contributed by atoms with van der Waals surface area (Å²) in [5, 5.41) is 6.43. The Labute approximate surface area is 137 Å². The molecule has 0 aliphatic heterocycles. The van der Waals surface area contributed by atoms with Gasteiger partial charge in [0, 0.05) is 27.3 Å². The Balaban J connectivity index is 2.18.